The van der Waals surface area contributed by atoms with Crippen LogP contribution in [0.2, 0.25) is 0 Å². The molecule has 0 radical (unpaired) electrons. The first-order valence-corrected chi connectivity index (χ1v) is 8.28. The second kappa shape index (κ2) is 4.87. The minimum atomic E-state index is -0.0447. The molecular weight excluding hydrogens is 246 g/mol. The second-order valence-electron chi connectivity index (χ2n) is 6.13. The minimum absolute atomic E-state index is 0.0165. The molecule has 1 saturated carbocycles. The van der Waals surface area contributed by atoms with Crippen molar-refractivity contribution in [1.29, 1.82) is 0 Å². The summed E-state index contributed by atoms with van der Waals surface area (Å²) in [5, 5.41) is 2.59. The van der Waals surface area contributed by atoms with Crippen molar-refractivity contribution in [3.05, 3.63) is 0 Å². The number of hydrogen-bond donors (Lipinski definition) is 1. The van der Waals surface area contributed by atoms with Crippen molar-refractivity contribution >= 4 is 23.6 Å². The average molecular weight is 267 g/mol. The number of carbonyl (C=O) groups is 2. The molecule has 2 unspecified atom stereocenters. The van der Waals surface area contributed by atoms with Gasteiger partial charge >= 0.3 is 0 Å². The zero-order valence-electron chi connectivity index (χ0n) is 10.7. The first kappa shape index (κ1) is 12.5. The molecule has 18 heavy (non-hydrogen) atoms. The van der Waals surface area contributed by atoms with Gasteiger partial charge < -0.3 is 0 Å². The number of hydrogen-bond acceptors (Lipinski definition) is 3. The molecule has 0 bridgehead atoms. The van der Waals surface area contributed by atoms with Gasteiger partial charge in [0.1, 0.15) is 0 Å². The van der Waals surface area contributed by atoms with Gasteiger partial charge in [0.25, 0.3) is 0 Å². The van der Waals surface area contributed by atoms with E-state index in [9.17, 15) is 9.59 Å². The van der Waals surface area contributed by atoms with Crippen molar-refractivity contribution in [2.45, 2.75) is 44.9 Å². The molecule has 0 aromatic carbocycles. The summed E-state index contributed by atoms with van der Waals surface area (Å²) in [7, 11) is 0. The van der Waals surface area contributed by atoms with Gasteiger partial charge in [0, 0.05) is 23.5 Å². The van der Waals surface area contributed by atoms with E-state index in [1.165, 1.54) is 31.4 Å². The standard InChI is InChI=1S/C14H21NO2S/c16-11-8-14(6-3-7-18-9-14)12(13(17)15-11)10-4-1-2-5-10/h10,12H,1-9H2,(H,15,16,17). The predicted molar refractivity (Wildman–Crippen MR) is 72.2 cm³/mol. The Bertz CT molecular complexity index is 357. The zero-order chi connectivity index (χ0) is 12.6. The first-order chi connectivity index (χ1) is 8.71. The van der Waals surface area contributed by atoms with Crippen LogP contribution in [0.4, 0.5) is 0 Å². The van der Waals surface area contributed by atoms with Gasteiger partial charge in [-0.25, -0.2) is 0 Å². The van der Waals surface area contributed by atoms with Crippen LogP contribution in [0.15, 0.2) is 0 Å². The van der Waals surface area contributed by atoms with Crippen LogP contribution in [0.1, 0.15) is 44.9 Å². The summed E-state index contributed by atoms with van der Waals surface area (Å²) < 4.78 is 0. The third kappa shape index (κ3) is 2.09. The smallest absolute Gasteiger partial charge is 0.230 e. The molecule has 1 spiro atoms. The largest absolute Gasteiger partial charge is 0.296 e. The Kier molecular flexibility index (Phi) is 3.39. The van der Waals surface area contributed by atoms with Crippen LogP contribution < -0.4 is 5.32 Å². The molecule has 2 aliphatic heterocycles. The van der Waals surface area contributed by atoms with Gasteiger partial charge in [-0.15, -0.1) is 0 Å². The molecule has 2 atom stereocenters. The van der Waals surface area contributed by atoms with Crippen molar-refractivity contribution in [3.8, 4) is 0 Å². The number of nitrogens with one attached hydrogen (secondary N) is 1. The summed E-state index contributed by atoms with van der Waals surface area (Å²) in [6.07, 6.45) is 7.68. The van der Waals surface area contributed by atoms with Gasteiger partial charge in [0.2, 0.25) is 11.8 Å². The fourth-order valence-electron chi connectivity index (χ4n) is 4.23. The molecule has 0 aromatic heterocycles. The maximum Gasteiger partial charge on any atom is 0.230 e. The third-order valence-electron chi connectivity index (χ3n) is 4.94. The first-order valence-electron chi connectivity index (χ1n) is 7.13. The number of piperidine rings is 1. The van der Waals surface area contributed by atoms with E-state index in [2.05, 4.69) is 5.32 Å². The van der Waals surface area contributed by atoms with Crippen molar-refractivity contribution in [3.63, 3.8) is 0 Å². The molecule has 2 saturated heterocycles. The highest BCUT2D eigenvalue weighted by Crippen LogP contribution is 2.51. The molecule has 3 rings (SSSR count). The Morgan fingerprint density at radius 2 is 1.94 bits per heavy atom. The summed E-state index contributed by atoms with van der Waals surface area (Å²) >= 11 is 1.93. The van der Waals surface area contributed by atoms with Gasteiger partial charge in [-0.05, 0) is 37.4 Å². The molecule has 2 heterocycles. The Morgan fingerprint density at radius 1 is 1.17 bits per heavy atom. The van der Waals surface area contributed by atoms with Crippen LogP contribution in [0.5, 0.6) is 0 Å². The van der Waals surface area contributed by atoms with Crippen LogP contribution in [0, 0.1) is 17.3 Å². The molecule has 1 aliphatic carbocycles. The van der Waals surface area contributed by atoms with Crippen LogP contribution >= 0.6 is 11.8 Å². The lowest BCUT2D eigenvalue weighted by atomic mass is 9.63. The lowest BCUT2D eigenvalue weighted by molar-refractivity contribution is -0.145. The molecule has 1 N–H and O–H groups in total. The number of rotatable bonds is 1. The fraction of sp³-hybridized carbons (Fsp3) is 0.857. The number of carbonyl (C=O) groups excluding carboxylic acids is 2. The maximum absolute atomic E-state index is 12.3. The van der Waals surface area contributed by atoms with E-state index in [1.807, 2.05) is 11.8 Å². The van der Waals surface area contributed by atoms with Crippen LogP contribution in [-0.2, 0) is 9.59 Å². The summed E-state index contributed by atoms with van der Waals surface area (Å²) in [4.78, 5) is 24.1. The molecule has 4 heteroatoms. The predicted octanol–water partition coefficient (Wildman–Crippen LogP) is 2.35. The Hall–Kier alpha value is -0.510. The normalized spacial score (nSPS) is 38.1. The molecule has 2 amide bonds. The van der Waals surface area contributed by atoms with Gasteiger partial charge in [0.15, 0.2) is 0 Å². The topological polar surface area (TPSA) is 46.2 Å². The van der Waals surface area contributed by atoms with Crippen LogP contribution in [0.25, 0.3) is 0 Å². The summed E-state index contributed by atoms with van der Waals surface area (Å²) in [6, 6.07) is 0. The molecule has 0 aromatic rings. The van der Waals surface area contributed by atoms with E-state index in [1.54, 1.807) is 0 Å². The van der Waals surface area contributed by atoms with Gasteiger partial charge in [0.05, 0.1) is 0 Å². The Morgan fingerprint density at radius 3 is 2.61 bits per heavy atom. The van der Waals surface area contributed by atoms with E-state index in [0.717, 1.165) is 18.6 Å². The number of imide groups is 1. The van der Waals surface area contributed by atoms with Gasteiger partial charge in [-0.3, -0.25) is 14.9 Å². The summed E-state index contributed by atoms with van der Waals surface area (Å²) in [5.74, 6) is 2.81. The number of thioether (sulfide) groups is 1. The zero-order valence-corrected chi connectivity index (χ0v) is 11.6. The van der Waals surface area contributed by atoms with Crippen LogP contribution in [0.3, 0.4) is 0 Å². The van der Waals surface area contributed by atoms with Crippen molar-refractivity contribution < 1.29 is 9.59 Å². The van der Waals surface area contributed by atoms with Crippen molar-refractivity contribution in [1.82, 2.24) is 5.32 Å². The minimum Gasteiger partial charge on any atom is -0.296 e. The van der Waals surface area contributed by atoms with Gasteiger partial charge in [-0.2, -0.15) is 11.8 Å². The highest BCUT2D eigenvalue weighted by Gasteiger charge is 2.52. The fourth-order valence-corrected chi connectivity index (χ4v) is 5.56. The van der Waals surface area contributed by atoms with E-state index in [0.29, 0.717) is 12.3 Å². The number of amides is 2. The van der Waals surface area contributed by atoms with E-state index in [-0.39, 0.29) is 23.1 Å². The van der Waals surface area contributed by atoms with E-state index < -0.39 is 0 Å². The average Bonchev–Trinajstić information content (AvgIpc) is 2.82. The Labute approximate surface area is 112 Å². The van der Waals surface area contributed by atoms with Crippen molar-refractivity contribution in [2.75, 3.05) is 11.5 Å². The lowest BCUT2D eigenvalue weighted by Crippen LogP contribution is -2.56. The molecule has 100 valence electrons. The van der Waals surface area contributed by atoms with E-state index in [4.69, 9.17) is 0 Å². The maximum atomic E-state index is 12.3. The summed E-state index contributed by atoms with van der Waals surface area (Å²) in [5.41, 5.74) is -0.0165. The lowest BCUT2D eigenvalue weighted by Gasteiger charge is -2.47. The monoisotopic (exact) mass is 267 g/mol. The second-order valence-corrected chi connectivity index (χ2v) is 7.24. The summed E-state index contributed by atoms with van der Waals surface area (Å²) in [6.45, 7) is 0. The van der Waals surface area contributed by atoms with E-state index >= 15 is 0 Å². The molecule has 3 nitrogen and oxygen atoms in total. The van der Waals surface area contributed by atoms with Gasteiger partial charge in [-0.1, -0.05) is 12.8 Å². The van der Waals surface area contributed by atoms with Crippen molar-refractivity contribution in [2.24, 2.45) is 17.3 Å². The van der Waals surface area contributed by atoms with Crippen LogP contribution in [-0.4, -0.2) is 23.3 Å². The molecular formula is C14H21NO2S. The highest BCUT2D eigenvalue weighted by molar-refractivity contribution is 7.99. The third-order valence-corrected chi connectivity index (χ3v) is 6.30. The SMILES string of the molecule is O=C1CC2(CCCSC2)C(C2CCCC2)C(=O)N1. The highest BCUT2D eigenvalue weighted by atomic mass is 32.2. The molecule has 3 aliphatic rings. The quantitative estimate of drug-likeness (QED) is 0.742. The molecule has 3 fully saturated rings. The Balaban J connectivity index is 1.89.